The molecule has 0 saturated heterocycles. The molecule has 0 heterocycles. The van der Waals surface area contributed by atoms with Gasteiger partial charge in [-0.15, -0.1) is 0 Å². The maximum Gasteiger partial charge on any atom is 0.00313 e. The first-order chi connectivity index (χ1) is 3.91. The smallest absolute Gasteiger partial charge is 0.00313 e. The maximum absolute atomic E-state index is 6.70. The summed E-state index contributed by atoms with van der Waals surface area (Å²) in [5, 5.41) is 7.80. The van der Waals surface area contributed by atoms with Gasteiger partial charge >= 0.3 is 0 Å². The highest BCUT2D eigenvalue weighted by atomic mass is 79.9. The van der Waals surface area contributed by atoms with Gasteiger partial charge in [0.05, 0.1) is 0 Å². The van der Waals surface area contributed by atoms with Crippen molar-refractivity contribution in [2.45, 2.75) is 25.7 Å². The number of hydrogen-bond donors (Lipinski definition) is 1. The lowest BCUT2D eigenvalue weighted by molar-refractivity contribution is 0.754. The Morgan fingerprint density at radius 1 is 1.25 bits per heavy atom. The van der Waals surface area contributed by atoms with Crippen LogP contribution in [0.5, 0.6) is 0 Å². The molecular weight excluding hydrogens is 166 g/mol. The van der Waals surface area contributed by atoms with Crippen molar-refractivity contribution < 1.29 is 0 Å². The van der Waals surface area contributed by atoms with Crippen LogP contribution < -0.4 is 0 Å². The Bertz CT molecular complexity index is 54.5. The Labute approximate surface area is 59.1 Å². The van der Waals surface area contributed by atoms with Crippen LogP contribution in [0.3, 0.4) is 0 Å². The molecule has 0 aliphatic carbocycles. The molecule has 0 atom stereocenters. The zero-order chi connectivity index (χ0) is 6.24. The van der Waals surface area contributed by atoms with Crippen molar-refractivity contribution in [2.75, 3.05) is 5.33 Å². The van der Waals surface area contributed by atoms with Crippen LogP contribution in [0.15, 0.2) is 0 Å². The number of unbranched alkanes of at least 4 members (excludes halogenated alkanes) is 3. The molecule has 0 fully saturated rings. The van der Waals surface area contributed by atoms with Crippen LogP contribution in [0.2, 0.25) is 0 Å². The van der Waals surface area contributed by atoms with E-state index in [9.17, 15) is 0 Å². The average Bonchev–Trinajstić information content (AvgIpc) is 1.81. The van der Waals surface area contributed by atoms with E-state index in [4.69, 9.17) is 5.41 Å². The van der Waals surface area contributed by atoms with Crippen molar-refractivity contribution in [3.63, 3.8) is 0 Å². The highest BCUT2D eigenvalue weighted by Gasteiger charge is 1.83. The molecule has 0 unspecified atom stereocenters. The molecule has 8 heavy (non-hydrogen) atoms. The van der Waals surface area contributed by atoms with Gasteiger partial charge in [-0.1, -0.05) is 22.4 Å². The van der Waals surface area contributed by atoms with E-state index in [1.165, 1.54) is 25.5 Å². The second-order valence-corrected chi connectivity index (χ2v) is 2.54. The highest BCUT2D eigenvalue weighted by Crippen LogP contribution is 1.99. The molecule has 1 nitrogen and oxygen atoms in total. The summed E-state index contributed by atoms with van der Waals surface area (Å²) in [7, 11) is 0. The van der Waals surface area contributed by atoms with Gasteiger partial charge in [0.2, 0.25) is 0 Å². The largest absolute Gasteiger partial charge is 0.313 e. The molecule has 0 spiro atoms. The van der Waals surface area contributed by atoms with Gasteiger partial charge in [0.15, 0.2) is 0 Å². The molecular formula is C6H12BrN. The van der Waals surface area contributed by atoms with E-state index in [1.54, 1.807) is 0 Å². The summed E-state index contributed by atoms with van der Waals surface area (Å²) >= 11 is 3.34. The van der Waals surface area contributed by atoms with Crippen molar-refractivity contribution in [2.24, 2.45) is 0 Å². The number of alkyl halides is 1. The molecule has 0 saturated carbocycles. The molecule has 0 amide bonds. The lowest BCUT2D eigenvalue weighted by Gasteiger charge is -1.90. The Morgan fingerprint density at radius 2 is 2.00 bits per heavy atom. The standard InChI is InChI=1S/C6H12BrN/c7-5-3-1-2-4-6-8/h6,8H,1-5H2. The van der Waals surface area contributed by atoms with Crippen molar-refractivity contribution in [1.82, 2.24) is 0 Å². The summed E-state index contributed by atoms with van der Waals surface area (Å²) in [5.74, 6) is 0. The third-order valence-electron chi connectivity index (χ3n) is 0.982. The van der Waals surface area contributed by atoms with E-state index in [0.29, 0.717) is 0 Å². The lowest BCUT2D eigenvalue weighted by atomic mass is 10.2. The van der Waals surface area contributed by atoms with Crippen molar-refractivity contribution in [3.05, 3.63) is 0 Å². The Hall–Kier alpha value is 0.150. The Balaban J connectivity index is 2.62. The third-order valence-corrected chi connectivity index (χ3v) is 1.54. The molecule has 0 aliphatic heterocycles. The molecule has 0 aromatic rings. The number of halogens is 1. The van der Waals surface area contributed by atoms with Crippen LogP contribution in [0.4, 0.5) is 0 Å². The molecule has 0 aliphatic rings. The molecule has 0 rings (SSSR count). The first-order valence-corrected chi connectivity index (χ1v) is 4.09. The van der Waals surface area contributed by atoms with Crippen LogP contribution in [0, 0.1) is 5.41 Å². The monoisotopic (exact) mass is 177 g/mol. The van der Waals surface area contributed by atoms with E-state index >= 15 is 0 Å². The predicted molar refractivity (Wildman–Crippen MR) is 41.0 cm³/mol. The van der Waals surface area contributed by atoms with Gasteiger partial charge < -0.3 is 5.41 Å². The van der Waals surface area contributed by atoms with Crippen LogP contribution in [0.1, 0.15) is 25.7 Å². The fourth-order valence-corrected chi connectivity index (χ4v) is 0.914. The zero-order valence-corrected chi connectivity index (χ0v) is 6.58. The van der Waals surface area contributed by atoms with Gasteiger partial charge in [-0.3, -0.25) is 0 Å². The van der Waals surface area contributed by atoms with Crippen molar-refractivity contribution in [1.29, 1.82) is 5.41 Å². The minimum Gasteiger partial charge on any atom is -0.313 e. The predicted octanol–water partition coefficient (Wildman–Crippen LogP) is 2.59. The molecule has 0 aromatic carbocycles. The third kappa shape index (κ3) is 6.15. The summed E-state index contributed by atoms with van der Waals surface area (Å²) in [5.41, 5.74) is 0. The van der Waals surface area contributed by atoms with Gasteiger partial charge in [0, 0.05) is 5.33 Å². The van der Waals surface area contributed by atoms with Gasteiger partial charge in [0.1, 0.15) is 0 Å². The topological polar surface area (TPSA) is 23.9 Å². The van der Waals surface area contributed by atoms with Gasteiger partial charge in [-0.25, -0.2) is 0 Å². The molecule has 2 heteroatoms. The van der Waals surface area contributed by atoms with Crippen molar-refractivity contribution in [3.8, 4) is 0 Å². The summed E-state index contributed by atoms with van der Waals surface area (Å²) < 4.78 is 0. The minimum absolute atomic E-state index is 0.951. The normalized spacial score (nSPS) is 9.12. The number of rotatable bonds is 5. The van der Waals surface area contributed by atoms with Crippen LogP contribution in [-0.4, -0.2) is 11.5 Å². The number of nitrogens with one attached hydrogen (secondary N) is 1. The molecule has 0 bridgehead atoms. The van der Waals surface area contributed by atoms with E-state index in [-0.39, 0.29) is 0 Å². The highest BCUT2D eigenvalue weighted by molar-refractivity contribution is 9.09. The fraction of sp³-hybridized carbons (Fsp3) is 0.833. The summed E-state index contributed by atoms with van der Waals surface area (Å²) in [6.07, 6.45) is 6.10. The van der Waals surface area contributed by atoms with Crippen LogP contribution in [-0.2, 0) is 0 Å². The van der Waals surface area contributed by atoms with Gasteiger partial charge in [-0.05, 0) is 25.5 Å². The molecule has 1 N–H and O–H groups in total. The van der Waals surface area contributed by atoms with E-state index in [0.717, 1.165) is 11.8 Å². The molecule has 48 valence electrons. The zero-order valence-electron chi connectivity index (χ0n) is 4.99. The second kappa shape index (κ2) is 7.15. The Morgan fingerprint density at radius 3 is 2.50 bits per heavy atom. The first kappa shape index (κ1) is 8.15. The van der Waals surface area contributed by atoms with Gasteiger partial charge in [0.25, 0.3) is 0 Å². The quantitative estimate of drug-likeness (QED) is 0.380. The van der Waals surface area contributed by atoms with Crippen LogP contribution in [0.25, 0.3) is 0 Å². The van der Waals surface area contributed by atoms with Gasteiger partial charge in [-0.2, -0.15) is 0 Å². The second-order valence-electron chi connectivity index (χ2n) is 1.74. The summed E-state index contributed by atoms with van der Waals surface area (Å²) in [6, 6.07) is 0. The average molecular weight is 178 g/mol. The minimum atomic E-state index is 0.951. The van der Waals surface area contributed by atoms with Crippen molar-refractivity contribution >= 4 is 22.1 Å². The maximum atomic E-state index is 6.70. The molecule has 0 radical (unpaired) electrons. The van der Waals surface area contributed by atoms with E-state index < -0.39 is 0 Å². The fourth-order valence-electron chi connectivity index (χ4n) is 0.518. The SMILES string of the molecule is N=CCCCCCBr. The first-order valence-electron chi connectivity index (χ1n) is 2.96. The van der Waals surface area contributed by atoms with E-state index in [1.807, 2.05) is 0 Å². The molecule has 0 aromatic heterocycles. The van der Waals surface area contributed by atoms with Crippen LogP contribution >= 0.6 is 15.9 Å². The lowest BCUT2D eigenvalue weighted by Crippen LogP contribution is -1.77. The van der Waals surface area contributed by atoms with E-state index in [2.05, 4.69) is 15.9 Å². The number of hydrogen-bond acceptors (Lipinski definition) is 1. The Kier molecular flexibility index (Phi) is 7.28. The summed E-state index contributed by atoms with van der Waals surface area (Å²) in [6.45, 7) is 0. The summed E-state index contributed by atoms with van der Waals surface area (Å²) in [4.78, 5) is 0.